The number of likely N-dealkylation sites (tertiary alicyclic amines) is 1. The number of carbonyl (C=O) groups is 5. The van der Waals surface area contributed by atoms with Gasteiger partial charge < -0.3 is 40.8 Å². The van der Waals surface area contributed by atoms with Crippen molar-refractivity contribution in [2.75, 3.05) is 33.4 Å². The van der Waals surface area contributed by atoms with Crippen LogP contribution in [0.3, 0.4) is 0 Å². The molecule has 0 aromatic heterocycles. The average Bonchev–Trinajstić information content (AvgIpc) is 3.77. The van der Waals surface area contributed by atoms with Crippen molar-refractivity contribution in [3.05, 3.63) is 0 Å². The van der Waals surface area contributed by atoms with E-state index in [9.17, 15) is 19.8 Å². The fourth-order valence-corrected chi connectivity index (χ4v) is 14.5. The Labute approximate surface area is 379 Å². The van der Waals surface area contributed by atoms with Crippen molar-refractivity contribution in [1.29, 1.82) is 0 Å². The normalized spacial score (nSPS) is 36.9. The number of morpholine rings is 1. The molecule has 10 atom stereocenters. The average molecular weight is 894 g/mol. The van der Waals surface area contributed by atoms with E-state index in [0.29, 0.717) is 44.9 Å². The predicted molar refractivity (Wildman–Crippen MR) is 236 cm³/mol. The Morgan fingerprint density at radius 3 is 2.16 bits per heavy atom. The van der Waals surface area contributed by atoms with Gasteiger partial charge in [-0.15, -0.1) is 0 Å². The molecule has 356 valence electrons. The summed E-state index contributed by atoms with van der Waals surface area (Å²) in [5.74, 6) is 3.06. The van der Waals surface area contributed by atoms with Gasteiger partial charge in [-0.05, 0) is 113 Å². The predicted octanol–water partition coefficient (Wildman–Crippen LogP) is 4.79. The van der Waals surface area contributed by atoms with Crippen molar-refractivity contribution in [2.24, 2.45) is 52.6 Å². The maximum Gasteiger partial charge on any atom is 0.416 e. The second-order valence-electron chi connectivity index (χ2n) is 20.7. The standard InChI is InChI=1S/C49H75N5O10/c1-62-26-27-63-48(61)53-37-24-19-30(12-11-25-51-47(50)60)28-36(37)49(46(53)59)39(44(57)52-29-38(56)31-13-5-2-6-14-31)41-45(58)64-42(33-17-9-4-10-18-33)40(32-15-7-3-8-16-32)54(41)43(49)34-20-22-35(55)23-21-34/h30-43,55-56H,2-10,13-29H2,1H3,(H,52,57)(H3,50,51,60)/t30?,34?,35?,36?,37?,38-,39+,40+,41+,42-,43-,49+/m0/s1. The largest absolute Gasteiger partial charge is 0.459 e. The first kappa shape index (κ1) is 47.1. The number of methoxy groups -OCH3 is 1. The van der Waals surface area contributed by atoms with Crippen molar-refractivity contribution in [3.63, 3.8) is 0 Å². The summed E-state index contributed by atoms with van der Waals surface area (Å²) in [4.78, 5) is 77.2. The number of esters is 1. The molecular weight excluding hydrogens is 819 g/mol. The molecule has 0 aromatic rings. The first-order valence-electron chi connectivity index (χ1n) is 25.2. The van der Waals surface area contributed by atoms with Crippen LogP contribution in [0.1, 0.15) is 141 Å². The Kier molecular flexibility index (Phi) is 15.5. The van der Waals surface area contributed by atoms with Crippen molar-refractivity contribution in [3.8, 4) is 11.8 Å². The smallest absolute Gasteiger partial charge is 0.416 e. The number of amides is 5. The van der Waals surface area contributed by atoms with E-state index >= 15 is 14.4 Å². The summed E-state index contributed by atoms with van der Waals surface area (Å²) < 4.78 is 17.9. The highest BCUT2D eigenvalue weighted by Gasteiger charge is 2.79. The minimum atomic E-state index is -1.58. The first-order chi connectivity index (χ1) is 31.1. The summed E-state index contributed by atoms with van der Waals surface area (Å²) in [6.45, 7) is 0.113. The number of imide groups is 1. The third-order valence-electron chi connectivity index (χ3n) is 17.2. The molecule has 8 aliphatic rings. The molecule has 8 fully saturated rings. The number of carbonyl (C=O) groups excluding carboxylic acids is 5. The van der Waals surface area contributed by atoms with E-state index in [2.05, 4.69) is 27.4 Å². The second kappa shape index (κ2) is 21.0. The highest BCUT2D eigenvalue weighted by atomic mass is 16.6. The van der Waals surface area contributed by atoms with Gasteiger partial charge in [0.1, 0.15) is 18.8 Å². The van der Waals surface area contributed by atoms with E-state index in [1.165, 1.54) is 12.0 Å². The molecule has 6 N–H and O–H groups in total. The highest BCUT2D eigenvalue weighted by Crippen LogP contribution is 2.66. The molecular formula is C49H75N5O10. The van der Waals surface area contributed by atoms with Gasteiger partial charge in [-0.2, -0.15) is 0 Å². The van der Waals surface area contributed by atoms with Crippen LogP contribution in [0.5, 0.6) is 0 Å². The van der Waals surface area contributed by atoms with E-state index in [1.54, 1.807) is 0 Å². The molecule has 5 saturated carbocycles. The molecule has 64 heavy (non-hydrogen) atoms. The van der Waals surface area contributed by atoms with E-state index in [-0.39, 0.29) is 61.9 Å². The highest BCUT2D eigenvalue weighted by molar-refractivity contribution is 6.04. The van der Waals surface area contributed by atoms with Gasteiger partial charge in [-0.3, -0.25) is 19.3 Å². The lowest BCUT2D eigenvalue weighted by Crippen LogP contribution is -2.66. The van der Waals surface area contributed by atoms with Crippen molar-refractivity contribution in [1.82, 2.24) is 20.4 Å². The van der Waals surface area contributed by atoms with Crippen LogP contribution in [-0.4, -0.2) is 126 Å². The first-order valence-corrected chi connectivity index (χ1v) is 25.2. The van der Waals surface area contributed by atoms with Crippen LogP contribution in [0, 0.1) is 58.7 Å². The monoisotopic (exact) mass is 894 g/mol. The number of aliphatic hydroxyl groups excluding tert-OH is 2. The molecule has 3 unspecified atom stereocenters. The lowest BCUT2D eigenvalue weighted by atomic mass is 9.55. The van der Waals surface area contributed by atoms with Crippen LogP contribution in [0.25, 0.3) is 0 Å². The number of hydrogen-bond donors (Lipinski definition) is 5. The molecule has 3 aliphatic heterocycles. The Morgan fingerprint density at radius 2 is 1.50 bits per heavy atom. The van der Waals surface area contributed by atoms with Crippen molar-refractivity contribution >= 4 is 29.9 Å². The van der Waals surface area contributed by atoms with Gasteiger partial charge in [0, 0.05) is 31.7 Å². The Hall–Kier alpha value is -3.45. The third-order valence-corrected chi connectivity index (χ3v) is 17.2. The molecule has 15 nitrogen and oxygen atoms in total. The molecule has 5 amide bonds. The van der Waals surface area contributed by atoms with Crippen LogP contribution < -0.4 is 16.4 Å². The second-order valence-corrected chi connectivity index (χ2v) is 20.7. The number of nitrogens with zero attached hydrogens (tertiary/aromatic N) is 2. The summed E-state index contributed by atoms with van der Waals surface area (Å²) in [6.07, 6.45) is 16.3. The molecule has 1 spiro atoms. The summed E-state index contributed by atoms with van der Waals surface area (Å²) in [5.41, 5.74) is 3.77. The van der Waals surface area contributed by atoms with Gasteiger partial charge in [0.25, 0.3) is 0 Å². The van der Waals surface area contributed by atoms with Gasteiger partial charge in [0.05, 0.1) is 42.7 Å². The molecule has 3 heterocycles. The summed E-state index contributed by atoms with van der Waals surface area (Å²) in [7, 11) is 1.51. The number of ether oxygens (including phenoxy) is 3. The summed E-state index contributed by atoms with van der Waals surface area (Å²) in [5, 5.41) is 28.3. The number of rotatable bonds is 11. The fourth-order valence-electron chi connectivity index (χ4n) is 14.5. The number of urea groups is 1. The lowest BCUT2D eigenvalue weighted by Gasteiger charge is -2.54. The van der Waals surface area contributed by atoms with Crippen molar-refractivity contribution in [2.45, 2.75) is 184 Å². The zero-order chi connectivity index (χ0) is 45.0. The SMILES string of the molecule is COCCOC(=O)N1C(=O)[C@@]2(C3CC(C#CCNC(N)=O)CCC31)[C@H](C1CCC(O)CC1)N1[C@H](C3CCCCC3)[C@H](C3CCCCC3)OC(=O)[C@H]1[C@@H]2C(=O)NC[C@H](O)C1CCCCC1. The van der Waals surface area contributed by atoms with Gasteiger partial charge in [-0.1, -0.05) is 69.6 Å². The number of fused-ring (bicyclic) bond motifs is 3. The molecule has 5 aliphatic carbocycles. The third kappa shape index (κ3) is 9.28. The summed E-state index contributed by atoms with van der Waals surface area (Å²) >= 11 is 0. The summed E-state index contributed by atoms with van der Waals surface area (Å²) in [6, 6.07) is -3.29. The fraction of sp³-hybridized carbons (Fsp3) is 0.857. The number of nitrogens with two attached hydrogens (primary N) is 1. The quantitative estimate of drug-likeness (QED) is 0.108. The molecule has 0 bridgehead atoms. The Bertz CT molecular complexity index is 1730. The van der Waals surface area contributed by atoms with Crippen molar-refractivity contribution < 1.29 is 48.4 Å². The maximum absolute atomic E-state index is 16.4. The molecule has 15 heteroatoms. The molecule has 3 saturated heterocycles. The zero-order valence-corrected chi connectivity index (χ0v) is 38.1. The van der Waals surface area contributed by atoms with Crippen LogP contribution >= 0.6 is 0 Å². The number of nitrogens with one attached hydrogen (secondary N) is 2. The minimum absolute atomic E-state index is 0.0130. The zero-order valence-electron chi connectivity index (χ0n) is 38.1. The van der Waals surface area contributed by atoms with Crippen LogP contribution in [-0.2, 0) is 28.6 Å². The number of aliphatic hydroxyl groups is 2. The van der Waals surface area contributed by atoms with Crippen LogP contribution in [0.2, 0.25) is 0 Å². The van der Waals surface area contributed by atoms with Gasteiger partial charge >= 0.3 is 18.1 Å². The lowest BCUT2D eigenvalue weighted by molar-refractivity contribution is -0.190. The minimum Gasteiger partial charge on any atom is -0.459 e. The molecule has 0 aromatic carbocycles. The van der Waals surface area contributed by atoms with E-state index < -0.39 is 83.6 Å². The van der Waals surface area contributed by atoms with E-state index in [4.69, 9.17) is 19.9 Å². The van der Waals surface area contributed by atoms with Crippen LogP contribution in [0.15, 0.2) is 0 Å². The molecule has 0 radical (unpaired) electrons. The van der Waals surface area contributed by atoms with Gasteiger partial charge in [-0.25, -0.2) is 14.5 Å². The molecule has 8 rings (SSSR count). The van der Waals surface area contributed by atoms with E-state index in [0.717, 1.165) is 96.3 Å². The number of cyclic esters (lactones) is 1. The Balaban J connectivity index is 1.30. The maximum atomic E-state index is 16.4. The van der Waals surface area contributed by atoms with Crippen LogP contribution in [0.4, 0.5) is 9.59 Å². The topological polar surface area (TPSA) is 210 Å². The number of primary amides is 1. The Morgan fingerprint density at radius 1 is 0.844 bits per heavy atom. The number of hydrogen-bond acceptors (Lipinski definition) is 11. The van der Waals surface area contributed by atoms with Gasteiger partial charge in [0.15, 0.2) is 0 Å². The van der Waals surface area contributed by atoms with Gasteiger partial charge in [0.2, 0.25) is 11.8 Å². The van der Waals surface area contributed by atoms with E-state index in [1.807, 2.05) is 0 Å².